The van der Waals surface area contributed by atoms with Crippen molar-refractivity contribution in [3.05, 3.63) is 70.2 Å². The quantitative estimate of drug-likeness (QED) is 0.657. The summed E-state index contributed by atoms with van der Waals surface area (Å²) in [4.78, 5) is 24.0. The van der Waals surface area contributed by atoms with Crippen molar-refractivity contribution in [1.82, 2.24) is 15.0 Å². The first-order valence-corrected chi connectivity index (χ1v) is 8.15. The van der Waals surface area contributed by atoms with Crippen LogP contribution in [0.4, 0.5) is 10.1 Å². The molecule has 1 heterocycles. The van der Waals surface area contributed by atoms with Crippen molar-refractivity contribution in [2.24, 2.45) is 0 Å². The molecule has 0 saturated heterocycles. The molecule has 1 N–H and O–H groups in total. The second kappa shape index (κ2) is 7.44. The maximum Gasteiger partial charge on any atom is 0.360 e. The maximum atomic E-state index is 13.9. The molecule has 9 heteroatoms. The fraction of sp³-hybridized carbons (Fsp3) is 0.0588. The van der Waals surface area contributed by atoms with E-state index in [0.717, 1.165) is 0 Å². The molecule has 26 heavy (non-hydrogen) atoms. The molecule has 0 fully saturated rings. The first-order chi connectivity index (χ1) is 12.5. The van der Waals surface area contributed by atoms with Crippen molar-refractivity contribution < 1.29 is 18.7 Å². The minimum absolute atomic E-state index is 0.0201. The van der Waals surface area contributed by atoms with Gasteiger partial charge in [0.25, 0.3) is 5.91 Å². The van der Waals surface area contributed by atoms with Gasteiger partial charge in [0.2, 0.25) is 0 Å². The molecule has 0 atom stereocenters. The Morgan fingerprint density at radius 3 is 2.77 bits per heavy atom. The van der Waals surface area contributed by atoms with Crippen LogP contribution in [0.5, 0.6) is 0 Å². The lowest BCUT2D eigenvalue weighted by Gasteiger charge is -2.11. The Labute approximate surface area is 155 Å². The van der Waals surface area contributed by atoms with E-state index in [1.807, 2.05) is 0 Å². The highest BCUT2D eigenvalue weighted by Crippen LogP contribution is 2.22. The van der Waals surface area contributed by atoms with Gasteiger partial charge in [-0.3, -0.25) is 4.79 Å². The van der Waals surface area contributed by atoms with E-state index in [9.17, 15) is 14.0 Å². The van der Waals surface area contributed by atoms with Crippen LogP contribution in [0.25, 0.3) is 5.69 Å². The average Bonchev–Trinajstić information content (AvgIpc) is 3.13. The summed E-state index contributed by atoms with van der Waals surface area (Å²) in [6.07, 6.45) is 1.37. The molecule has 0 bridgehead atoms. The third-order valence-electron chi connectivity index (χ3n) is 3.46. The third kappa shape index (κ3) is 3.62. The topological polar surface area (TPSA) is 86.1 Å². The van der Waals surface area contributed by atoms with Crippen LogP contribution < -0.4 is 5.32 Å². The lowest BCUT2D eigenvalue weighted by Crippen LogP contribution is -2.15. The number of halogens is 2. The highest BCUT2D eigenvalue weighted by atomic mass is 79.9. The Balaban J connectivity index is 1.92. The highest BCUT2D eigenvalue weighted by Gasteiger charge is 2.17. The zero-order valence-electron chi connectivity index (χ0n) is 13.4. The molecule has 1 aromatic heterocycles. The molecule has 0 aliphatic rings. The molecule has 0 radical (unpaired) electrons. The van der Waals surface area contributed by atoms with E-state index in [4.69, 9.17) is 0 Å². The zero-order valence-corrected chi connectivity index (χ0v) is 15.0. The van der Waals surface area contributed by atoms with Gasteiger partial charge in [-0.1, -0.05) is 33.3 Å². The Bertz CT molecular complexity index is 990. The number of ether oxygens (including phenoxy) is 1. The minimum atomic E-state index is -0.642. The first kappa shape index (κ1) is 17.7. The summed E-state index contributed by atoms with van der Waals surface area (Å²) >= 11 is 3.21. The number of methoxy groups -OCH3 is 1. The predicted molar refractivity (Wildman–Crippen MR) is 94.8 cm³/mol. The number of rotatable bonds is 4. The number of esters is 1. The molecule has 132 valence electrons. The fourth-order valence-electron chi connectivity index (χ4n) is 2.22. The number of hydrogen-bond donors (Lipinski definition) is 1. The van der Waals surface area contributed by atoms with Crippen molar-refractivity contribution in [1.29, 1.82) is 0 Å². The molecular formula is C17H12BrFN4O3. The minimum Gasteiger partial charge on any atom is -0.464 e. The standard InChI is InChI=1S/C17H12BrFN4O3/c1-26-17(25)14-9-23(22-21-14)15-5-3-2-4-13(15)20-16(24)11-8-10(18)6-7-12(11)19/h2-9H,1H3,(H,20,24). The van der Waals surface area contributed by atoms with Crippen LogP contribution in [0.2, 0.25) is 0 Å². The second-order valence-electron chi connectivity index (χ2n) is 5.14. The molecule has 0 spiro atoms. The van der Waals surface area contributed by atoms with Gasteiger partial charge < -0.3 is 10.1 Å². The lowest BCUT2D eigenvalue weighted by molar-refractivity contribution is 0.0593. The van der Waals surface area contributed by atoms with E-state index in [1.54, 1.807) is 24.3 Å². The second-order valence-corrected chi connectivity index (χ2v) is 6.05. The van der Waals surface area contributed by atoms with Gasteiger partial charge in [0.15, 0.2) is 5.69 Å². The Kier molecular flexibility index (Phi) is 5.08. The van der Waals surface area contributed by atoms with Crippen molar-refractivity contribution in [3.8, 4) is 5.69 Å². The third-order valence-corrected chi connectivity index (χ3v) is 3.95. The molecule has 0 saturated carbocycles. The summed E-state index contributed by atoms with van der Waals surface area (Å²) in [5, 5.41) is 10.2. The molecule has 3 aromatic rings. The van der Waals surface area contributed by atoms with Crippen LogP contribution in [0.1, 0.15) is 20.8 Å². The number of aromatic nitrogens is 3. The van der Waals surface area contributed by atoms with E-state index in [2.05, 4.69) is 36.3 Å². The molecule has 3 rings (SSSR count). The van der Waals surface area contributed by atoms with Crippen molar-refractivity contribution >= 4 is 33.5 Å². The fourth-order valence-corrected chi connectivity index (χ4v) is 2.58. The number of anilines is 1. The number of carbonyl (C=O) groups excluding carboxylic acids is 2. The van der Waals surface area contributed by atoms with E-state index >= 15 is 0 Å². The van der Waals surface area contributed by atoms with E-state index in [0.29, 0.717) is 15.8 Å². The summed E-state index contributed by atoms with van der Waals surface area (Å²) < 4.78 is 20.4. The summed E-state index contributed by atoms with van der Waals surface area (Å²) in [5.74, 6) is -1.89. The largest absolute Gasteiger partial charge is 0.464 e. The number of para-hydroxylation sites is 2. The highest BCUT2D eigenvalue weighted by molar-refractivity contribution is 9.10. The van der Waals surface area contributed by atoms with E-state index in [-0.39, 0.29) is 11.3 Å². The average molecular weight is 419 g/mol. The molecule has 2 aromatic carbocycles. The van der Waals surface area contributed by atoms with Gasteiger partial charge in [0, 0.05) is 4.47 Å². The number of hydrogen-bond acceptors (Lipinski definition) is 5. The lowest BCUT2D eigenvalue weighted by atomic mass is 10.2. The molecular weight excluding hydrogens is 407 g/mol. The number of amides is 1. The zero-order chi connectivity index (χ0) is 18.7. The first-order valence-electron chi connectivity index (χ1n) is 7.36. The van der Waals surface area contributed by atoms with Crippen LogP contribution in [0, 0.1) is 5.82 Å². The monoisotopic (exact) mass is 418 g/mol. The van der Waals surface area contributed by atoms with Gasteiger partial charge in [-0.2, -0.15) is 0 Å². The molecule has 7 nitrogen and oxygen atoms in total. The van der Waals surface area contributed by atoms with Gasteiger partial charge in [-0.15, -0.1) is 5.10 Å². The predicted octanol–water partition coefficient (Wildman–Crippen LogP) is 3.21. The van der Waals surface area contributed by atoms with E-state index < -0.39 is 17.7 Å². The SMILES string of the molecule is COC(=O)c1cn(-c2ccccc2NC(=O)c2cc(Br)ccc2F)nn1. The van der Waals surface area contributed by atoms with Crippen molar-refractivity contribution in [2.45, 2.75) is 0 Å². The number of carbonyl (C=O) groups is 2. The van der Waals surface area contributed by atoms with E-state index in [1.165, 1.54) is 36.2 Å². The van der Waals surface area contributed by atoms with Gasteiger partial charge in [-0.25, -0.2) is 13.9 Å². The van der Waals surface area contributed by atoms with Crippen LogP contribution in [0.15, 0.2) is 53.1 Å². The van der Waals surface area contributed by atoms with Crippen LogP contribution >= 0.6 is 15.9 Å². The van der Waals surface area contributed by atoms with Crippen molar-refractivity contribution in [2.75, 3.05) is 12.4 Å². The maximum absolute atomic E-state index is 13.9. The normalized spacial score (nSPS) is 10.4. The van der Waals surface area contributed by atoms with Gasteiger partial charge in [0.1, 0.15) is 5.82 Å². The molecule has 0 aliphatic carbocycles. The number of benzene rings is 2. The Morgan fingerprint density at radius 2 is 2.00 bits per heavy atom. The number of nitrogens with one attached hydrogen (secondary N) is 1. The molecule has 1 amide bonds. The summed E-state index contributed by atoms with van der Waals surface area (Å²) in [5.41, 5.74) is 0.742. The number of nitrogens with zero attached hydrogens (tertiary/aromatic N) is 3. The van der Waals surface area contributed by atoms with Crippen molar-refractivity contribution in [3.63, 3.8) is 0 Å². The summed E-state index contributed by atoms with van der Waals surface area (Å²) in [6.45, 7) is 0. The van der Waals surface area contributed by atoms with Crippen LogP contribution in [-0.4, -0.2) is 34.0 Å². The van der Waals surface area contributed by atoms with Gasteiger partial charge in [-0.05, 0) is 30.3 Å². The summed E-state index contributed by atoms with van der Waals surface area (Å²) in [6, 6.07) is 10.8. The van der Waals surface area contributed by atoms with Gasteiger partial charge in [0.05, 0.1) is 30.2 Å². The van der Waals surface area contributed by atoms with Crippen LogP contribution in [-0.2, 0) is 4.74 Å². The summed E-state index contributed by atoms with van der Waals surface area (Å²) in [7, 11) is 1.24. The molecule has 0 aliphatic heterocycles. The smallest absolute Gasteiger partial charge is 0.360 e. The molecule has 0 unspecified atom stereocenters. The van der Waals surface area contributed by atoms with Crippen LogP contribution in [0.3, 0.4) is 0 Å². The Hall–Kier alpha value is -3.07. The van der Waals surface area contributed by atoms with Gasteiger partial charge >= 0.3 is 5.97 Å². The Morgan fingerprint density at radius 1 is 1.23 bits per heavy atom.